The van der Waals surface area contributed by atoms with Crippen LogP contribution in [0, 0.1) is 0 Å². The zero-order valence-electron chi connectivity index (χ0n) is 19.0. The summed E-state index contributed by atoms with van der Waals surface area (Å²) in [5.41, 5.74) is 8.09. The second-order valence-corrected chi connectivity index (χ2v) is 11.4. The Labute approximate surface area is 206 Å². The van der Waals surface area contributed by atoms with Gasteiger partial charge in [0, 0.05) is 54.9 Å². The van der Waals surface area contributed by atoms with Crippen LogP contribution in [-0.2, 0) is 14.6 Å². The van der Waals surface area contributed by atoms with Crippen molar-refractivity contribution in [1.82, 2.24) is 24.9 Å². The maximum Gasteiger partial charge on any atom is 0.219 e. The molecule has 4 aromatic rings. The van der Waals surface area contributed by atoms with Crippen LogP contribution in [0.25, 0.3) is 32.0 Å². The lowest BCUT2D eigenvalue weighted by molar-refractivity contribution is 0.122. The van der Waals surface area contributed by atoms with Crippen molar-refractivity contribution >= 4 is 49.0 Å². The number of fused-ring (bicyclic) bond motifs is 1. The van der Waals surface area contributed by atoms with Crippen LogP contribution in [0.3, 0.4) is 0 Å². The van der Waals surface area contributed by atoms with Crippen molar-refractivity contribution in [1.29, 1.82) is 0 Å². The SMILES string of the molecule is CS(=O)(=O)CCNc1ccc(-c2cc3nc(-c4cnc(N)nc4)nc(N4CCOCC4)c3s2)cn1. The second kappa shape index (κ2) is 9.68. The van der Waals surface area contributed by atoms with E-state index in [1.807, 2.05) is 18.2 Å². The standard InChI is InChI=1S/C22H24N8O3S2/c1-35(31,32)9-4-24-18-3-2-14(11-25-18)17-10-16-19(34-17)21(30-5-7-33-8-6-30)29-20(28-16)15-12-26-22(23)27-13-15/h2-3,10-13H,4-9H2,1H3,(H,24,25)(H2,23,26,27). The van der Waals surface area contributed by atoms with Crippen molar-refractivity contribution in [2.75, 3.05) is 60.8 Å². The molecule has 11 nitrogen and oxygen atoms in total. The van der Waals surface area contributed by atoms with Crippen LogP contribution in [0.2, 0.25) is 0 Å². The highest BCUT2D eigenvalue weighted by molar-refractivity contribution is 7.90. The number of nitrogens with one attached hydrogen (secondary N) is 1. The third kappa shape index (κ3) is 5.47. The molecule has 0 unspecified atom stereocenters. The fourth-order valence-corrected chi connectivity index (χ4v) is 5.21. The largest absolute Gasteiger partial charge is 0.378 e. The molecule has 5 rings (SSSR count). The summed E-state index contributed by atoms with van der Waals surface area (Å²) in [5.74, 6) is 2.26. The predicted molar refractivity (Wildman–Crippen MR) is 137 cm³/mol. The lowest BCUT2D eigenvalue weighted by Crippen LogP contribution is -2.36. The minimum atomic E-state index is -3.03. The number of thiophene rings is 1. The number of hydrogen-bond donors (Lipinski definition) is 2. The van der Waals surface area contributed by atoms with Gasteiger partial charge < -0.3 is 20.7 Å². The van der Waals surface area contributed by atoms with Gasteiger partial charge in [-0.3, -0.25) is 0 Å². The van der Waals surface area contributed by atoms with E-state index < -0.39 is 9.84 Å². The molecular formula is C22H24N8O3S2. The van der Waals surface area contributed by atoms with Gasteiger partial charge >= 0.3 is 0 Å². The maximum absolute atomic E-state index is 11.3. The van der Waals surface area contributed by atoms with Crippen LogP contribution >= 0.6 is 11.3 Å². The van der Waals surface area contributed by atoms with Crippen LogP contribution in [0.4, 0.5) is 17.6 Å². The van der Waals surface area contributed by atoms with Gasteiger partial charge in [-0.1, -0.05) is 0 Å². The first-order valence-corrected chi connectivity index (χ1v) is 13.8. The number of nitrogens with two attached hydrogens (primary N) is 1. The number of nitrogen functional groups attached to an aromatic ring is 1. The van der Waals surface area contributed by atoms with Crippen molar-refractivity contribution in [2.24, 2.45) is 0 Å². The molecule has 0 bridgehead atoms. The number of sulfone groups is 1. The molecule has 182 valence electrons. The summed E-state index contributed by atoms with van der Waals surface area (Å²) in [6.07, 6.45) is 6.23. The van der Waals surface area contributed by atoms with Gasteiger partial charge in [0.15, 0.2) is 11.6 Å². The highest BCUT2D eigenvalue weighted by atomic mass is 32.2. The number of pyridine rings is 1. The number of rotatable bonds is 7. The number of morpholine rings is 1. The summed E-state index contributed by atoms with van der Waals surface area (Å²) in [6, 6.07) is 5.83. The van der Waals surface area contributed by atoms with Gasteiger partial charge in [-0.15, -0.1) is 11.3 Å². The Morgan fingerprint density at radius 3 is 2.51 bits per heavy atom. The minimum absolute atomic E-state index is 0.0527. The van der Waals surface area contributed by atoms with E-state index in [1.165, 1.54) is 6.26 Å². The van der Waals surface area contributed by atoms with E-state index in [9.17, 15) is 8.42 Å². The van der Waals surface area contributed by atoms with E-state index in [2.05, 4.69) is 25.2 Å². The Morgan fingerprint density at radius 2 is 1.83 bits per heavy atom. The topological polar surface area (TPSA) is 149 Å². The Kier molecular flexibility index (Phi) is 6.45. The van der Waals surface area contributed by atoms with Crippen molar-refractivity contribution in [2.45, 2.75) is 0 Å². The first-order valence-electron chi connectivity index (χ1n) is 11.0. The highest BCUT2D eigenvalue weighted by Crippen LogP contribution is 2.38. The number of hydrogen-bond acceptors (Lipinski definition) is 12. The van der Waals surface area contributed by atoms with E-state index >= 15 is 0 Å². The lowest BCUT2D eigenvalue weighted by atomic mass is 10.2. The summed E-state index contributed by atoms with van der Waals surface area (Å²) in [5, 5.41) is 3.04. The predicted octanol–water partition coefficient (Wildman–Crippen LogP) is 2.09. The molecule has 0 atom stereocenters. The zero-order chi connectivity index (χ0) is 24.4. The Bertz CT molecular complexity index is 1430. The van der Waals surface area contributed by atoms with Crippen LogP contribution in [0.15, 0.2) is 36.8 Å². The van der Waals surface area contributed by atoms with Gasteiger partial charge in [0.05, 0.1) is 34.7 Å². The molecule has 0 amide bonds. The van der Waals surface area contributed by atoms with E-state index in [1.54, 1.807) is 29.9 Å². The van der Waals surface area contributed by atoms with Gasteiger partial charge in [-0.05, 0) is 18.2 Å². The van der Waals surface area contributed by atoms with Crippen molar-refractivity contribution in [3.05, 3.63) is 36.8 Å². The summed E-state index contributed by atoms with van der Waals surface area (Å²) < 4.78 is 29.2. The molecule has 5 heterocycles. The Hall–Kier alpha value is -3.42. The Balaban J connectivity index is 1.48. The number of nitrogens with zero attached hydrogens (tertiary/aromatic N) is 6. The third-order valence-electron chi connectivity index (χ3n) is 5.42. The Morgan fingerprint density at radius 1 is 1.09 bits per heavy atom. The quantitative estimate of drug-likeness (QED) is 0.375. The molecule has 1 fully saturated rings. The molecule has 13 heteroatoms. The smallest absolute Gasteiger partial charge is 0.219 e. The molecule has 0 aromatic carbocycles. The summed E-state index contributed by atoms with van der Waals surface area (Å²) in [7, 11) is -3.03. The summed E-state index contributed by atoms with van der Waals surface area (Å²) in [6.45, 7) is 3.08. The van der Waals surface area contributed by atoms with Gasteiger partial charge in [0.1, 0.15) is 15.7 Å². The van der Waals surface area contributed by atoms with E-state index in [0.717, 1.165) is 39.6 Å². The fraction of sp³-hybridized carbons (Fsp3) is 0.318. The van der Waals surface area contributed by atoms with Gasteiger partial charge in [0.25, 0.3) is 0 Å². The monoisotopic (exact) mass is 512 g/mol. The molecule has 1 aliphatic rings. The molecule has 0 saturated carbocycles. The number of aromatic nitrogens is 5. The van der Waals surface area contributed by atoms with Gasteiger partial charge in [-0.2, -0.15) is 0 Å². The first kappa shape index (κ1) is 23.3. The van der Waals surface area contributed by atoms with Crippen LogP contribution in [0.5, 0.6) is 0 Å². The number of anilines is 3. The molecule has 0 aliphatic carbocycles. The lowest BCUT2D eigenvalue weighted by Gasteiger charge is -2.28. The van der Waals surface area contributed by atoms with Gasteiger partial charge in [0.2, 0.25) is 5.95 Å². The van der Waals surface area contributed by atoms with Crippen molar-refractivity contribution in [3.63, 3.8) is 0 Å². The average molecular weight is 513 g/mol. The highest BCUT2D eigenvalue weighted by Gasteiger charge is 2.21. The third-order valence-corrected chi connectivity index (χ3v) is 7.54. The van der Waals surface area contributed by atoms with E-state index in [0.29, 0.717) is 37.0 Å². The van der Waals surface area contributed by atoms with Crippen LogP contribution in [-0.4, -0.2) is 78.2 Å². The molecule has 3 N–H and O–H groups in total. The first-order chi connectivity index (χ1) is 16.9. The molecule has 0 spiro atoms. The van der Waals surface area contributed by atoms with Crippen LogP contribution in [0.1, 0.15) is 0 Å². The molecule has 4 aromatic heterocycles. The molecular weight excluding hydrogens is 488 g/mol. The molecule has 1 saturated heterocycles. The van der Waals surface area contributed by atoms with Crippen molar-refractivity contribution in [3.8, 4) is 21.8 Å². The second-order valence-electron chi connectivity index (χ2n) is 8.11. The molecule has 35 heavy (non-hydrogen) atoms. The fourth-order valence-electron chi connectivity index (χ4n) is 3.64. The summed E-state index contributed by atoms with van der Waals surface area (Å²) in [4.78, 5) is 25.5. The van der Waals surface area contributed by atoms with E-state index in [4.69, 9.17) is 20.4 Å². The maximum atomic E-state index is 11.3. The van der Waals surface area contributed by atoms with E-state index in [-0.39, 0.29) is 11.7 Å². The minimum Gasteiger partial charge on any atom is -0.378 e. The molecule has 1 aliphatic heterocycles. The van der Waals surface area contributed by atoms with Gasteiger partial charge in [-0.25, -0.2) is 33.3 Å². The summed E-state index contributed by atoms with van der Waals surface area (Å²) >= 11 is 1.61. The zero-order valence-corrected chi connectivity index (χ0v) is 20.6. The van der Waals surface area contributed by atoms with Crippen molar-refractivity contribution < 1.29 is 13.2 Å². The molecule has 0 radical (unpaired) electrons. The normalized spacial score (nSPS) is 14.4. The van der Waals surface area contributed by atoms with Crippen LogP contribution < -0.4 is 16.0 Å². The average Bonchev–Trinajstić information content (AvgIpc) is 3.28. The number of ether oxygens (including phenoxy) is 1.